The number of amides is 3. The van der Waals surface area contributed by atoms with Gasteiger partial charge in [0.1, 0.15) is 0 Å². The number of hydrazine groups is 1. The first-order valence-corrected chi connectivity index (χ1v) is 4.66. The summed E-state index contributed by atoms with van der Waals surface area (Å²) < 4.78 is 4.73. The Bertz CT molecular complexity index is 256. The SMILES string of the molecule is COCCNC(=O)CCNC(=O)C(=O)NN. The summed E-state index contributed by atoms with van der Waals surface area (Å²) in [5.41, 5.74) is 1.68. The molecule has 0 aliphatic carbocycles. The molecule has 0 fully saturated rings. The molecule has 8 heteroatoms. The van der Waals surface area contributed by atoms with Gasteiger partial charge in [0.05, 0.1) is 6.61 Å². The highest BCUT2D eigenvalue weighted by molar-refractivity contribution is 6.34. The van der Waals surface area contributed by atoms with E-state index in [0.717, 1.165) is 0 Å². The van der Waals surface area contributed by atoms with Crippen LogP contribution in [0.3, 0.4) is 0 Å². The van der Waals surface area contributed by atoms with Crippen molar-refractivity contribution >= 4 is 17.7 Å². The average molecular weight is 232 g/mol. The van der Waals surface area contributed by atoms with E-state index >= 15 is 0 Å². The second kappa shape index (κ2) is 8.62. The number of nitrogens with one attached hydrogen (secondary N) is 3. The number of methoxy groups -OCH3 is 1. The average Bonchev–Trinajstić information content (AvgIpc) is 2.28. The maximum atomic E-state index is 11.1. The topological polar surface area (TPSA) is 123 Å². The van der Waals surface area contributed by atoms with Gasteiger partial charge in [-0.1, -0.05) is 0 Å². The Labute approximate surface area is 92.9 Å². The number of carbonyl (C=O) groups excluding carboxylic acids is 3. The molecule has 0 saturated heterocycles. The fourth-order valence-corrected chi connectivity index (χ4v) is 0.816. The Balaban J connectivity index is 3.54. The van der Waals surface area contributed by atoms with Crippen molar-refractivity contribution in [2.45, 2.75) is 6.42 Å². The molecule has 0 unspecified atom stereocenters. The van der Waals surface area contributed by atoms with Crippen LogP contribution in [0.2, 0.25) is 0 Å². The van der Waals surface area contributed by atoms with Crippen LogP contribution >= 0.6 is 0 Å². The second-order valence-electron chi connectivity index (χ2n) is 2.82. The number of carbonyl (C=O) groups is 3. The lowest BCUT2D eigenvalue weighted by Gasteiger charge is -2.05. The maximum absolute atomic E-state index is 11.1. The van der Waals surface area contributed by atoms with Gasteiger partial charge in [0.15, 0.2) is 0 Å². The third kappa shape index (κ3) is 6.74. The van der Waals surface area contributed by atoms with E-state index in [4.69, 9.17) is 10.6 Å². The molecule has 0 radical (unpaired) electrons. The van der Waals surface area contributed by atoms with Gasteiger partial charge < -0.3 is 15.4 Å². The summed E-state index contributed by atoms with van der Waals surface area (Å²) in [5.74, 6) is 2.69. The van der Waals surface area contributed by atoms with Crippen molar-refractivity contribution in [3.8, 4) is 0 Å². The van der Waals surface area contributed by atoms with Crippen LogP contribution in [0.5, 0.6) is 0 Å². The molecule has 0 rings (SSSR count). The van der Waals surface area contributed by atoms with E-state index in [2.05, 4.69) is 10.6 Å². The van der Waals surface area contributed by atoms with E-state index < -0.39 is 11.8 Å². The summed E-state index contributed by atoms with van der Waals surface area (Å²) in [4.78, 5) is 32.6. The molecule has 92 valence electrons. The lowest BCUT2D eigenvalue weighted by atomic mass is 10.4. The summed E-state index contributed by atoms with van der Waals surface area (Å²) in [6, 6.07) is 0. The predicted octanol–water partition coefficient (Wildman–Crippen LogP) is -2.75. The zero-order valence-electron chi connectivity index (χ0n) is 9.04. The molecule has 0 aliphatic heterocycles. The van der Waals surface area contributed by atoms with Gasteiger partial charge in [-0.3, -0.25) is 19.8 Å². The fourth-order valence-electron chi connectivity index (χ4n) is 0.816. The van der Waals surface area contributed by atoms with E-state index in [9.17, 15) is 14.4 Å². The van der Waals surface area contributed by atoms with Gasteiger partial charge in [0, 0.05) is 26.6 Å². The zero-order valence-corrected chi connectivity index (χ0v) is 9.04. The van der Waals surface area contributed by atoms with Crippen LogP contribution in [0.4, 0.5) is 0 Å². The first-order chi connectivity index (χ1) is 7.61. The van der Waals surface area contributed by atoms with Crippen LogP contribution in [0, 0.1) is 0 Å². The molecular formula is C8H16N4O4. The molecule has 0 aliphatic rings. The minimum atomic E-state index is -0.945. The lowest BCUT2D eigenvalue weighted by molar-refractivity contribution is -0.139. The molecule has 0 spiro atoms. The van der Waals surface area contributed by atoms with E-state index in [1.165, 1.54) is 7.11 Å². The Morgan fingerprint density at radius 2 is 1.81 bits per heavy atom. The van der Waals surface area contributed by atoms with Crippen LogP contribution in [0.15, 0.2) is 0 Å². The van der Waals surface area contributed by atoms with Crippen LogP contribution in [0.1, 0.15) is 6.42 Å². The highest BCUT2D eigenvalue weighted by Crippen LogP contribution is 1.78. The molecule has 16 heavy (non-hydrogen) atoms. The Morgan fingerprint density at radius 1 is 1.12 bits per heavy atom. The molecule has 0 heterocycles. The van der Waals surface area contributed by atoms with Crippen LogP contribution in [0.25, 0.3) is 0 Å². The minimum absolute atomic E-state index is 0.0745. The molecule has 0 aromatic carbocycles. The quantitative estimate of drug-likeness (QED) is 0.130. The van der Waals surface area contributed by atoms with Crippen LogP contribution in [-0.2, 0) is 19.1 Å². The lowest BCUT2D eigenvalue weighted by Crippen LogP contribution is -2.44. The van der Waals surface area contributed by atoms with Crippen molar-refractivity contribution in [3.05, 3.63) is 0 Å². The maximum Gasteiger partial charge on any atom is 0.323 e. The summed E-state index contributed by atoms with van der Waals surface area (Å²) in [6.45, 7) is 0.908. The van der Waals surface area contributed by atoms with E-state index in [0.29, 0.717) is 13.2 Å². The monoisotopic (exact) mass is 232 g/mol. The predicted molar refractivity (Wildman–Crippen MR) is 54.8 cm³/mol. The van der Waals surface area contributed by atoms with Crippen LogP contribution in [-0.4, -0.2) is 44.5 Å². The van der Waals surface area contributed by atoms with Crippen molar-refractivity contribution < 1.29 is 19.1 Å². The molecule has 0 atom stereocenters. The third-order valence-corrected chi connectivity index (χ3v) is 1.60. The first-order valence-electron chi connectivity index (χ1n) is 4.66. The highest BCUT2D eigenvalue weighted by atomic mass is 16.5. The normalized spacial score (nSPS) is 9.38. The fraction of sp³-hybridized carbons (Fsp3) is 0.625. The van der Waals surface area contributed by atoms with Crippen molar-refractivity contribution in [2.75, 3.05) is 26.8 Å². The van der Waals surface area contributed by atoms with E-state index in [-0.39, 0.29) is 18.9 Å². The van der Waals surface area contributed by atoms with Crippen molar-refractivity contribution in [1.29, 1.82) is 0 Å². The molecule has 8 nitrogen and oxygen atoms in total. The number of hydrogen-bond donors (Lipinski definition) is 4. The molecule has 3 amide bonds. The van der Waals surface area contributed by atoms with Gasteiger partial charge in [0.2, 0.25) is 5.91 Å². The second-order valence-corrected chi connectivity index (χ2v) is 2.82. The van der Waals surface area contributed by atoms with E-state index in [1.807, 2.05) is 0 Å². The number of nitrogens with two attached hydrogens (primary N) is 1. The Hall–Kier alpha value is -1.67. The molecule has 5 N–H and O–H groups in total. The number of hydrogen-bond acceptors (Lipinski definition) is 5. The highest BCUT2D eigenvalue weighted by Gasteiger charge is 2.10. The Kier molecular flexibility index (Phi) is 7.72. The van der Waals surface area contributed by atoms with Gasteiger partial charge >= 0.3 is 11.8 Å². The van der Waals surface area contributed by atoms with Gasteiger partial charge in [0.25, 0.3) is 0 Å². The van der Waals surface area contributed by atoms with Gasteiger partial charge in [-0.2, -0.15) is 0 Å². The van der Waals surface area contributed by atoms with Gasteiger partial charge in [-0.05, 0) is 0 Å². The van der Waals surface area contributed by atoms with Crippen LogP contribution < -0.4 is 21.9 Å². The molecule has 0 aromatic heterocycles. The number of rotatable bonds is 6. The first kappa shape index (κ1) is 14.3. The zero-order chi connectivity index (χ0) is 12.4. The standard InChI is InChI=1S/C8H16N4O4/c1-16-5-4-10-6(13)2-3-11-7(14)8(15)12-9/h2-5,9H2,1H3,(H,10,13)(H,11,14)(H,12,15). The largest absolute Gasteiger partial charge is 0.383 e. The van der Waals surface area contributed by atoms with Crippen molar-refractivity contribution in [1.82, 2.24) is 16.1 Å². The molecule has 0 aromatic rings. The third-order valence-electron chi connectivity index (χ3n) is 1.60. The smallest absolute Gasteiger partial charge is 0.323 e. The molecular weight excluding hydrogens is 216 g/mol. The minimum Gasteiger partial charge on any atom is -0.383 e. The van der Waals surface area contributed by atoms with Gasteiger partial charge in [-0.25, -0.2) is 5.84 Å². The van der Waals surface area contributed by atoms with Crippen molar-refractivity contribution in [2.24, 2.45) is 5.84 Å². The summed E-state index contributed by atoms with van der Waals surface area (Å²) in [5, 5.41) is 4.79. The molecule has 0 saturated carbocycles. The Morgan fingerprint density at radius 3 is 2.38 bits per heavy atom. The number of ether oxygens (including phenoxy) is 1. The van der Waals surface area contributed by atoms with E-state index in [1.54, 1.807) is 5.43 Å². The summed E-state index contributed by atoms with van der Waals surface area (Å²) in [7, 11) is 1.53. The van der Waals surface area contributed by atoms with Crippen molar-refractivity contribution in [3.63, 3.8) is 0 Å². The summed E-state index contributed by atoms with van der Waals surface area (Å²) >= 11 is 0. The van der Waals surface area contributed by atoms with Gasteiger partial charge in [-0.15, -0.1) is 0 Å². The molecule has 0 bridgehead atoms. The summed E-state index contributed by atoms with van der Waals surface area (Å²) in [6.07, 6.45) is 0.0906.